The molecule has 0 spiro atoms. The topological polar surface area (TPSA) is 81.2 Å². The molecule has 0 saturated carbocycles. The van der Waals surface area contributed by atoms with Crippen molar-refractivity contribution in [2.75, 3.05) is 0 Å². The molecule has 1 aromatic carbocycles. The highest BCUT2D eigenvalue weighted by Gasteiger charge is 2.24. The number of hydrogen-bond donors (Lipinski definition) is 1. The molecule has 8 heteroatoms. The summed E-state index contributed by atoms with van der Waals surface area (Å²) in [6.45, 7) is 2.81. The lowest BCUT2D eigenvalue weighted by molar-refractivity contribution is -0.386. The SMILES string of the molecule is Cc1nn(C[C@@H](O)c2ccc(F)cc2F)c(C)c1[N+](=O)[O-]. The molecule has 2 rings (SSSR count). The van der Waals surface area contributed by atoms with E-state index < -0.39 is 22.7 Å². The molecule has 0 aliphatic rings. The fourth-order valence-corrected chi connectivity index (χ4v) is 2.16. The average molecular weight is 297 g/mol. The lowest BCUT2D eigenvalue weighted by Gasteiger charge is -2.13. The van der Waals surface area contributed by atoms with E-state index in [2.05, 4.69) is 5.10 Å². The molecule has 0 amide bonds. The number of aliphatic hydroxyl groups is 1. The van der Waals surface area contributed by atoms with Crippen LogP contribution in [0.2, 0.25) is 0 Å². The van der Waals surface area contributed by atoms with Crippen molar-refractivity contribution in [2.24, 2.45) is 0 Å². The number of aliphatic hydroxyl groups excluding tert-OH is 1. The van der Waals surface area contributed by atoms with Crippen molar-refractivity contribution in [3.05, 3.63) is 56.9 Å². The molecule has 1 heterocycles. The number of aromatic nitrogens is 2. The zero-order valence-electron chi connectivity index (χ0n) is 11.4. The molecule has 0 unspecified atom stereocenters. The summed E-state index contributed by atoms with van der Waals surface area (Å²) in [6.07, 6.45) is -1.29. The van der Waals surface area contributed by atoms with Gasteiger partial charge in [0.15, 0.2) is 0 Å². The minimum absolute atomic E-state index is 0.0911. The van der Waals surface area contributed by atoms with Crippen molar-refractivity contribution < 1.29 is 18.8 Å². The molecule has 0 aliphatic carbocycles. The van der Waals surface area contributed by atoms with Gasteiger partial charge >= 0.3 is 5.69 Å². The largest absolute Gasteiger partial charge is 0.386 e. The summed E-state index contributed by atoms with van der Waals surface area (Å²) >= 11 is 0. The summed E-state index contributed by atoms with van der Waals surface area (Å²) in [7, 11) is 0. The number of benzene rings is 1. The first kappa shape index (κ1) is 15.0. The lowest BCUT2D eigenvalue weighted by Crippen LogP contribution is -2.13. The van der Waals surface area contributed by atoms with Crippen molar-refractivity contribution in [3.63, 3.8) is 0 Å². The smallest absolute Gasteiger partial charge is 0.312 e. The monoisotopic (exact) mass is 297 g/mol. The maximum absolute atomic E-state index is 13.6. The molecule has 0 aliphatic heterocycles. The molecule has 0 saturated heterocycles. The Bertz CT molecular complexity index is 700. The summed E-state index contributed by atoms with van der Waals surface area (Å²) in [5.74, 6) is -1.62. The highest BCUT2D eigenvalue weighted by Crippen LogP contribution is 2.25. The molecule has 1 N–H and O–H groups in total. The fourth-order valence-electron chi connectivity index (χ4n) is 2.16. The van der Waals surface area contributed by atoms with Crippen LogP contribution in [0, 0.1) is 35.6 Å². The Morgan fingerprint density at radius 3 is 2.62 bits per heavy atom. The Hall–Kier alpha value is -2.35. The number of aryl methyl sites for hydroxylation is 1. The Kier molecular flexibility index (Phi) is 3.99. The average Bonchev–Trinajstić information content (AvgIpc) is 2.63. The molecule has 6 nitrogen and oxygen atoms in total. The van der Waals surface area contributed by atoms with Crippen molar-refractivity contribution in [2.45, 2.75) is 26.5 Å². The van der Waals surface area contributed by atoms with Crippen LogP contribution < -0.4 is 0 Å². The van der Waals surface area contributed by atoms with Gasteiger partial charge in [-0.25, -0.2) is 8.78 Å². The maximum atomic E-state index is 13.6. The molecule has 0 fully saturated rings. The first-order valence-electron chi connectivity index (χ1n) is 6.12. The van der Waals surface area contributed by atoms with E-state index in [9.17, 15) is 24.0 Å². The fraction of sp³-hybridized carbons (Fsp3) is 0.308. The molecule has 0 bridgehead atoms. The van der Waals surface area contributed by atoms with Gasteiger partial charge in [0.2, 0.25) is 0 Å². The van der Waals surface area contributed by atoms with Gasteiger partial charge in [-0.05, 0) is 19.9 Å². The summed E-state index contributed by atoms with van der Waals surface area (Å²) in [6, 6.07) is 2.84. The van der Waals surface area contributed by atoms with E-state index in [1.165, 1.54) is 18.5 Å². The van der Waals surface area contributed by atoms with Crippen LogP contribution in [0.5, 0.6) is 0 Å². The zero-order valence-corrected chi connectivity index (χ0v) is 11.4. The third-order valence-electron chi connectivity index (χ3n) is 3.19. The summed E-state index contributed by atoms with van der Waals surface area (Å²) < 4.78 is 27.6. The van der Waals surface area contributed by atoms with Gasteiger partial charge in [-0.15, -0.1) is 0 Å². The normalized spacial score (nSPS) is 12.4. The molecule has 1 aromatic heterocycles. The molecular formula is C13H13F2N3O3. The van der Waals surface area contributed by atoms with E-state index in [4.69, 9.17) is 0 Å². The van der Waals surface area contributed by atoms with Crippen LogP contribution in [0.4, 0.5) is 14.5 Å². The third-order valence-corrected chi connectivity index (χ3v) is 3.19. The van der Waals surface area contributed by atoms with E-state index in [0.717, 1.165) is 12.1 Å². The summed E-state index contributed by atoms with van der Waals surface area (Å²) in [5, 5.41) is 24.9. The molecule has 112 valence electrons. The molecule has 0 radical (unpaired) electrons. The van der Waals surface area contributed by atoms with Crippen LogP contribution in [0.3, 0.4) is 0 Å². The van der Waals surface area contributed by atoms with Crippen LogP contribution in [-0.2, 0) is 6.54 Å². The number of hydrogen-bond acceptors (Lipinski definition) is 4. The number of nitro groups is 1. The number of halogens is 2. The van der Waals surface area contributed by atoms with Gasteiger partial charge in [-0.3, -0.25) is 14.8 Å². The third kappa shape index (κ3) is 2.89. The number of rotatable bonds is 4. The molecule has 2 aromatic rings. The van der Waals surface area contributed by atoms with Gasteiger partial charge in [0.25, 0.3) is 0 Å². The van der Waals surface area contributed by atoms with Crippen LogP contribution in [0.25, 0.3) is 0 Å². The first-order valence-corrected chi connectivity index (χ1v) is 6.12. The van der Waals surface area contributed by atoms with Gasteiger partial charge in [0.1, 0.15) is 29.1 Å². The molecule has 1 atom stereocenters. The van der Waals surface area contributed by atoms with Crippen LogP contribution in [-0.4, -0.2) is 19.8 Å². The van der Waals surface area contributed by atoms with Gasteiger partial charge < -0.3 is 5.11 Å². The van der Waals surface area contributed by atoms with Crippen LogP contribution in [0.1, 0.15) is 23.1 Å². The Morgan fingerprint density at radius 2 is 2.10 bits per heavy atom. The van der Waals surface area contributed by atoms with Crippen molar-refractivity contribution >= 4 is 5.69 Å². The summed E-state index contributed by atoms with van der Waals surface area (Å²) in [5.41, 5.74) is 0.247. The van der Waals surface area contributed by atoms with Crippen molar-refractivity contribution in [1.82, 2.24) is 9.78 Å². The minimum Gasteiger partial charge on any atom is -0.386 e. The van der Waals surface area contributed by atoms with Gasteiger partial charge in [0, 0.05) is 11.6 Å². The second-order valence-corrected chi connectivity index (χ2v) is 4.64. The van der Waals surface area contributed by atoms with E-state index in [1.54, 1.807) is 0 Å². The maximum Gasteiger partial charge on any atom is 0.312 e. The predicted octanol–water partition coefficient (Wildman–Crippen LogP) is 2.42. The second kappa shape index (κ2) is 5.57. The van der Waals surface area contributed by atoms with E-state index >= 15 is 0 Å². The van der Waals surface area contributed by atoms with Crippen LogP contribution in [0.15, 0.2) is 18.2 Å². The van der Waals surface area contributed by atoms with E-state index in [0.29, 0.717) is 6.07 Å². The summed E-state index contributed by atoms with van der Waals surface area (Å²) in [4.78, 5) is 10.3. The Balaban J connectivity index is 2.30. The first-order chi connectivity index (χ1) is 9.81. The highest BCUT2D eigenvalue weighted by molar-refractivity contribution is 5.39. The Morgan fingerprint density at radius 1 is 1.43 bits per heavy atom. The van der Waals surface area contributed by atoms with E-state index in [1.807, 2.05) is 0 Å². The Labute approximate surface area is 118 Å². The second-order valence-electron chi connectivity index (χ2n) is 4.64. The van der Waals surface area contributed by atoms with Gasteiger partial charge in [-0.1, -0.05) is 6.07 Å². The van der Waals surface area contributed by atoms with E-state index in [-0.39, 0.29) is 29.2 Å². The predicted molar refractivity (Wildman–Crippen MR) is 69.7 cm³/mol. The highest BCUT2D eigenvalue weighted by atomic mass is 19.1. The van der Waals surface area contributed by atoms with Crippen LogP contribution >= 0.6 is 0 Å². The minimum atomic E-state index is -1.29. The molecular weight excluding hydrogens is 284 g/mol. The quantitative estimate of drug-likeness (QED) is 0.694. The molecule has 21 heavy (non-hydrogen) atoms. The van der Waals surface area contributed by atoms with Crippen molar-refractivity contribution in [1.29, 1.82) is 0 Å². The van der Waals surface area contributed by atoms with Gasteiger partial charge in [-0.2, -0.15) is 5.10 Å². The van der Waals surface area contributed by atoms with Gasteiger partial charge in [0.05, 0.1) is 11.5 Å². The standard InChI is InChI=1S/C13H13F2N3O3/c1-7-13(18(20)21)8(2)17(16-7)6-12(19)10-4-3-9(14)5-11(10)15/h3-5,12,19H,6H2,1-2H3/t12-/m1/s1. The lowest BCUT2D eigenvalue weighted by atomic mass is 10.1. The number of nitrogens with zero attached hydrogens (tertiary/aromatic N) is 3. The van der Waals surface area contributed by atoms with Crippen molar-refractivity contribution in [3.8, 4) is 0 Å². The zero-order chi connectivity index (χ0) is 15.7.